The molecule has 0 spiro atoms. The highest BCUT2D eigenvalue weighted by atomic mass is 79.9. The lowest BCUT2D eigenvalue weighted by Gasteiger charge is -2.23. The summed E-state index contributed by atoms with van der Waals surface area (Å²) >= 11 is 3.57. The van der Waals surface area contributed by atoms with E-state index in [1.54, 1.807) is 28.3 Å². The molecular weight excluding hydrogens is 562 g/mol. The summed E-state index contributed by atoms with van der Waals surface area (Å²) in [5.74, 6) is 1.24. The first-order valence-corrected chi connectivity index (χ1v) is 13.3. The molecule has 0 saturated carbocycles. The van der Waals surface area contributed by atoms with E-state index in [1.165, 1.54) is 5.01 Å². The van der Waals surface area contributed by atoms with Crippen molar-refractivity contribution in [2.24, 2.45) is 5.10 Å². The lowest BCUT2D eigenvalue weighted by atomic mass is 9.91. The Morgan fingerprint density at radius 1 is 1.00 bits per heavy atom. The van der Waals surface area contributed by atoms with Crippen molar-refractivity contribution in [3.05, 3.63) is 86.6 Å². The van der Waals surface area contributed by atoms with Crippen LogP contribution in [-0.2, 0) is 4.79 Å². The molecule has 0 aliphatic carbocycles. The van der Waals surface area contributed by atoms with Gasteiger partial charge in [-0.15, -0.1) is 0 Å². The number of nitrogens with one attached hydrogen (secondary N) is 1. The number of fused-ring (bicyclic) bond motifs is 1. The minimum atomic E-state index is -0.470. The molecule has 1 aliphatic heterocycles. The molecule has 200 valence electrons. The summed E-state index contributed by atoms with van der Waals surface area (Å²) in [7, 11) is 4.64. The molecule has 8 nitrogen and oxygen atoms in total. The first kappa shape index (κ1) is 26.5. The number of methoxy groups -OCH3 is 3. The standard InChI is InChI=1S/C30H28BrN3O5/c1-5-26(35)34-23(18-13-24(37-2)29(39-4)25(14-18)38-3)16-22(33-34)28-27(17-9-7-6-8-10-17)20-15-19(31)11-12-21(20)32-30(28)36/h6-15,23H,5,16H2,1-4H3,(H,32,36)/t23-/m1/s1. The van der Waals surface area contributed by atoms with Gasteiger partial charge in [-0.05, 0) is 41.5 Å². The number of carbonyl (C=O) groups is 1. The molecule has 39 heavy (non-hydrogen) atoms. The highest BCUT2D eigenvalue weighted by molar-refractivity contribution is 9.10. The lowest BCUT2D eigenvalue weighted by Crippen LogP contribution is -2.26. The number of amides is 1. The second-order valence-electron chi connectivity index (χ2n) is 9.08. The van der Waals surface area contributed by atoms with E-state index in [2.05, 4.69) is 20.9 Å². The summed E-state index contributed by atoms with van der Waals surface area (Å²) in [6.45, 7) is 1.79. The van der Waals surface area contributed by atoms with E-state index in [1.807, 2.05) is 60.7 Å². The van der Waals surface area contributed by atoms with Crippen molar-refractivity contribution in [1.82, 2.24) is 9.99 Å². The molecule has 1 aromatic heterocycles. The zero-order valence-corrected chi connectivity index (χ0v) is 23.7. The Morgan fingerprint density at radius 3 is 2.31 bits per heavy atom. The van der Waals surface area contributed by atoms with Gasteiger partial charge in [0.1, 0.15) is 0 Å². The van der Waals surface area contributed by atoms with Crippen molar-refractivity contribution < 1.29 is 19.0 Å². The zero-order chi connectivity index (χ0) is 27.7. The topological polar surface area (TPSA) is 93.2 Å². The van der Waals surface area contributed by atoms with Crippen molar-refractivity contribution in [1.29, 1.82) is 0 Å². The maximum atomic E-state index is 13.7. The van der Waals surface area contributed by atoms with Crippen LogP contribution in [0, 0.1) is 0 Å². The van der Waals surface area contributed by atoms with E-state index in [-0.39, 0.29) is 17.9 Å². The minimum absolute atomic E-state index is 0.162. The predicted molar refractivity (Wildman–Crippen MR) is 155 cm³/mol. The predicted octanol–water partition coefficient (Wildman–Crippen LogP) is 6.07. The number of hydrogen-bond acceptors (Lipinski definition) is 6. The molecule has 9 heteroatoms. The first-order chi connectivity index (χ1) is 18.9. The van der Waals surface area contributed by atoms with E-state index in [9.17, 15) is 9.59 Å². The van der Waals surface area contributed by atoms with Crippen LogP contribution in [0.25, 0.3) is 22.0 Å². The summed E-state index contributed by atoms with van der Waals surface area (Å²) in [6, 6.07) is 18.7. The highest BCUT2D eigenvalue weighted by Crippen LogP contribution is 2.44. The second kappa shape index (κ2) is 10.9. The Balaban J connectivity index is 1.72. The molecule has 5 rings (SSSR count). The second-order valence-corrected chi connectivity index (χ2v) is 9.99. The molecule has 1 atom stereocenters. The number of rotatable bonds is 7. The summed E-state index contributed by atoms with van der Waals surface area (Å²) in [5, 5.41) is 7.11. The molecule has 1 aliphatic rings. The van der Waals surface area contributed by atoms with Gasteiger partial charge in [-0.25, -0.2) is 5.01 Å². The van der Waals surface area contributed by atoms with Crippen LogP contribution in [0.15, 0.2) is 75.0 Å². The summed E-state index contributed by atoms with van der Waals surface area (Å²) in [5.41, 5.74) is 3.82. The van der Waals surface area contributed by atoms with Crippen LogP contribution in [-0.4, -0.2) is 42.9 Å². The van der Waals surface area contributed by atoms with Crippen LogP contribution in [0.3, 0.4) is 0 Å². The smallest absolute Gasteiger partial charge is 0.258 e. The fourth-order valence-corrected chi connectivity index (χ4v) is 5.41. The fraction of sp³-hybridized carbons (Fsp3) is 0.233. The maximum absolute atomic E-state index is 13.7. The van der Waals surface area contributed by atoms with Crippen LogP contribution in [0.1, 0.15) is 36.9 Å². The molecule has 4 aromatic rings. The Hall–Kier alpha value is -4.11. The number of H-pyrrole nitrogens is 1. The fourth-order valence-electron chi connectivity index (χ4n) is 5.05. The zero-order valence-electron chi connectivity index (χ0n) is 22.1. The van der Waals surface area contributed by atoms with Crippen molar-refractivity contribution >= 4 is 38.5 Å². The van der Waals surface area contributed by atoms with Crippen LogP contribution < -0.4 is 19.8 Å². The van der Waals surface area contributed by atoms with E-state index in [0.717, 1.165) is 26.5 Å². The van der Waals surface area contributed by atoms with Crippen LogP contribution in [0.4, 0.5) is 0 Å². The summed E-state index contributed by atoms with van der Waals surface area (Å²) in [6.07, 6.45) is 0.580. The number of nitrogens with zero attached hydrogens (tertiary/aromatic N) is 2. The molecule has 0 unspecified atom stereocenters. The number of halogens is 1. The van der Waals surface area contributed by atoms with Crippen molar-refractivity contribution in [2.45, 2.75) is 25.8 Å². The molecular formula is C30H28BrN3O5. The monoisotopic (exact) mass is 589 g/mol. The van der Waals surface area contributed by atoms with Crippen LogP contribution >= 0.6 is 15.9 Å². The van der Waals surface area contributed by atoms with Gasteiger partial charge in [0.15, 0.2) is 11.5 Å². The average molecular weight is 590 g/mol. The quantitative estimate of drug-likeness (QED) is 0.282. The molecule has 1 amide bonds. The average Bonchev–Trinajstić information content (AvgIpc) is 3.41. The molecule has 2 heterocycles. The number of hydrogen-bond donors (Lipinski definition) is 1. The molecule has 0 saturated heterocycles. The third kappa shape index (κ3) is 4.78. The van der Waals surface area contributed by atoms with Gasteiger partial charge in [-0.1, -0.05) is 53.2 Å². The number of benzene rings is 3. The minimum Gasteiger partial charge on any atom is -0.493 e. The van der Waals surface area contributed by atoms with E-state index in [4.69, 9.17) is 19.3 Å². The third-order valence-corrected chi connectivity index (χ3v) is 7.36. The van der Waals surface area contributed by atoms with Crippen LogP contribution in [0.2, 0.25) is 0 Å². The molecule has 3 aromatic carbocycles. The van der Waals surface area contributed by atoms with Crippen molar-refractivity contribution in [2.75, 3.05) is 21.3 Å². The van der Waals surface area contributed by atoms with Gasteiger partial charge in [0.05, 0.1) is 38.6 Å². The summed E-state index contributed by atoms with van der Waals surface area (Å²) in [4.78, 5) is 29.8. The maximum Gasteiger partial charge on any atom is 0.258 e. The Labute approximate surface area is 234 Å². The van der Waals surface area contributed by atoms with Gasteiger partial charge in [0.2, 0.25) is 11.7 Å². The van der Waals surface area contributed by atoms with E-state index in [0.29, 0.717) is 40.5 Å². The van der Waals surface area contributed by atoms with Crippen molar-refractivity contribution in [3.63, 3.8) is 0 Å². The van der Waals surface area contributed by atoms with Crippen LogP contribution in [0.5, 0.6) is 17.2 Å². The SMILES string of the molecule is CCC(=O)N1N=C(c2c(-c3ccccc3)c3cc(Br)ccc3[nH]c2=O)C[C@@H]1c1cc(OC)c(OC)c(OC)c1. The largest absolute Gasteiger partial charge is 0.493 e. The third-order valence-electron chi connectivity index (χ3n) is 6.87. The Bertz CT molecular complexity index is 1620. The van der Waals surface area contributed by atoms with Crippen molar-refractivity contribution in [3.8, 4) is 28.4 Å². The number of carbonyl (C=O) groups excluding carboxylic acids is 1. The Morgan fingerprint density at radius 2 is 1.69 bits per heavy atom. The van der Waals surface area contributed by atoms with E-state index < -0.39 is 6.04 Å². The van der Waals surface area contributed by atoms with Gasteiger partial charge < -0.3 is 19.2 Å². The first-order valence-electron chi connectivity index (χ1n) is 12.5. The van der Waals surface area contributed by atoms with Gasteiger partial charge in [-0.3, -0.25) is 9.59 Å². The van der Waals surface area contributed by atoms with Gasteiger partial charge in [-0.2, -0.15) is 5.10 Å². The number of ether oxygens (including phenoxy) is 3. The number of aromatic amines is 1. The molecule has 0 bridgehead atoms. The van der Waals surface area contributed by atoms with Gasteiger partial charge in [0, 0.05) is 33.8 Å². The molecule has 0 fully saturated rings. The normalized spacial score (nSPS) is 14.8. The molecule has 0 radical (unpaired) electrons. The molecule has 1 N–H and O–H groups in total. The van der Waals surface area contributed by atoms with E-state index >= 15 is 0 Å². The van der Waals surface area contributed by atoms with Gasteiger partial charge >= 0.3 is 0 Å². The Kier molecular flexibility index (Phi) is 7.43. The lowest BCUT2D eigenvalue weighted by molar-refractivity contribution is -0.132. The number of pyridine rings is 1. The highest BCUT2D eigenvalue weighted by Gasteiger charge is 2.36. The number of hydrazone groups is 1. The van der Waals surface area contributed by atoms with Gasteiger partial charge in [0.25, 0.3) is 5.56 Å². The number of aromatic nitrogens is 1. The summed E-state index contributed by atoms with van der Waals surface area (Å²) < 4.78 is 17.5.